The fraction of sp³-hybridized carbons (Fsp3) is 0.467. The third-order valence-corrected chi connectivity index (χ3v) is 3.32. The number of hydrogen-bond donors (Lipinski definition) is 2. The Hall–Kier alpha value is -1.34. The summed E-state index contributed by atoms with van der Waals surface area (Å²) >= 11 is 8.56. The smallest absolute Gasteiger partial charge is 0.186 e. The maximum absolute atomic E-state index is 5.74. The molecule has 22 heavy (non-hydrogen) atoms. The van der Waals surface area contributed by atoms with E-state index in [1.807, 2.05) is 26.0 Å². The standard InChI is InChI=1S/C15H22BrN3O2S/c1-4-7-21-14-12(16)8-11(9-13(14)20-6-3)10-18-19-15(22)17-5-2/h8-10H,4-7H2,1-3H3,(H2,17,19,22)/b18-10+. The summed E-state index contributed by atoms with van der Waals surface area (Å²) < 4.78 is 12.2. The van der Waals surface area contributed by atoms with Gasteiger partial charge >= 0.3 is 0 Å². The van der Waals surface area contributed by atoms with Gasteiger partial charge in [0.25, 0.3) is 0 Å². The highest BCUT2D eigenvalue weighted by Crippen LogP contribution is 2.36. The number of hydrogen-bond acceptors (Lipinski definition) is 4. The Kier molecular flexibility index (Phi) is 8.84. The Morgan fingerprint density at radius 3 is 2.73 bits per heavy atom. The minimum atomic E-state index is 0.491. The molecule has 0 unspecified atom stereocenters. The molecule has 7 heteroatoms. The van der Waals surface area contributed by atoms with Gasteiger partial charge in [0.1, 0.15) is 0 Å². The lowest BCUT2D eigenvalue weighted by Crippen LogP contribution is -2.31. The molecule has 0 saturated heterocycles. The van der Waals surface area contributed by atoms with E-state index in [0.717, 1.165) is 28.8 Å². The lowest BCUT2D eigenvalue weighted by atomic mass is 10.2. The zero-order valence-electron chi connectivity index (χ0n) is 13.1. The summed E-state index contributed by atoms with van der Waals surface area (Å²) in [4.78, 5) is 0. The second-order valence-electron chi connectivity index (χ2n) is 4.34. The van der Waals surface area contributed by atoms with Gasteiger partial charge < -0.3 is 14.8 Å². The Labute approximate surface area is 145 Å². The van der Waals surface area contributed by atoms with Crippen LogP contribution >= 0.6 is 28.1 Å². The van der Waals surface area contributed by atoms with Crippen LogP contribution in [0.4, 0.5) is 0 Å². The van der Waals surface area contributed by atoms with Crippen molar-refractivity contribution in [2.24, 2.45) is 5.10 Å². The first kappa shape index (κ1) is 18.7. The van der Waals surface area contributed by atoms with Gasteiger partial charge in [0.05, 0.1) is 23.9 Å². The molecule has 0 atom stereocenters. The molecule has 0 radical (unpaired) electrons. The second kappa shape index (κ2) is 10.4. The van der Waals surface area contributed by atoms with E-state index < -0.39 is 0 Å². The maximum Gasteiger partial charge on any atom is 0.186 e. The van der Waals surface area contributed by atoms with E-state index in [0.29, 0.717) is 24.1 Å². The van der Waals surface area contributed by atoms with Gasteiger partial charge in [0.15, 0.2) is 16.6 Å². The minimum absolute atomic E-state index is 0.491. The van der Waals surface area contributed by atoms with Crippen molar-refractivity contribution < 1.29 is 9.47 Å². The van der Waals surface area contributed by atoms with Gasteiger partial charge in [0.2, 0.25) is 0 Å². The summed E-state index contributed by atoms with van der Waals surface area (Å²) in [6.07, 6.45) is 2.62. The Morgan fingerprint density at radius 2 is 2.09 bits per heavy atom. The SMILES string of the molecule is CCCOc1c(Br)cc(/C=N/NC(=S)NCC)cc1OCC. The Balaban J connectivity index is 2.88. The number of nitrogens with zero attached hydrogens (tertiary/aromatic N) is 1. The van der Waals surface area contributed by atoms with Gasteiger partial charge in [-0.25, -0.2) is 0 Å². The quantitative estimate of drug-likeness (QED) is 0.406. The van der Waals surface area contributed by atoms with E-state index in [1.54, 1.807) is 6.21 Å². The monoisotopic (exact) mass is 387 g/mol. The van der Waals surface area contributed by atoms with Crippen LogP contribution in [0, 0.1) is 0 Å². The van der Waals surface area contributed by atoms with Crippen LogP contribution in [0.3, 0.4) is 0 Å². The molecular formula is C15H22BrN3O2S. The lowest BCUT2D eigenvalue weighted by Gasteiger charge is -2.14. The van der Waals surface area contributed by atoms with E-state index >= 15 is 0 Å². The molecule has 1 rings (SSSR count). The molecule has 5 nitrogen and oxygen atoms in total. The predicted octanol–water partition coefficient (Wildman–Crippen LogP) is 3.45. The highest BCUT2D eigenvalue weighted by molar-refractivity contribution is 9.10. The van der Waals surface area contributed by atoms with Crippen molar-refractivity contribution in [1.82, 2.24) is 10.7 Å². The van der Waals surface area contributed by atoms with Crippen molar-refractivity contribution in [1.29, 1.82) is 0 Å². The van der Waals surface area contributed by atoms with E-state index in [-0.39, 0.29) is 0 Å². The number of thiocarbonyl (C=S) groups is 1. The first-order chi connectivity index (χ1) is 10.6. The number of nitrogens with one attached hydrogen (secondary N) is 2. The molecule has 0 aliphatic rings. The molecule has 1 aromatic rings. The number of benzene rings is 1. The van der Waals surface area contributed by atoms with E-state index in [9.17, 15) is 0 Å². The molecule has 1 aromatic carbocycles. The maximum atomic E-state index is 5.74. The van der Waals surface area contributed by atoms with E-state index in [4.69, 9.17) is 21.7 Å². The number of rotatable bonds is 8. The molecular weight excluding hydrogens is 366 g/mol. The number of halogens is 1. The molecule has 0 fully saturated rings. The van der Waals surface area contributed by atoms with Crippen LogP contribution in [0.1, 0.15) is 32.8 Å². The first-order valence-electron chi connectivity index (χ1n) is 7.28. The Bertz CT molecular complexity index is 524. The van der Waals surface area contributed by atoms with Crippen LogP contribution in [0.2, 0.25) is 0 Å². The Morgan fingerprint density at radius 1 is 1.32 bits per heavy atom. The molecule has 0 amide bonds. The molecule has 2 N–H and O–H groups in total. The summed E-state index contributed by atoms with van der Waals surface area (Å²) in [6.45, 7) is 7.94. The van der Waals surface area contributed by atoms with Crippen LogP contribution < -0.4 is 20.2 Å². The van der Waals surface area contributed by atoms with E-state index in [2.05, 4.69) is 38.7 Å². The largest absolute Gasteiger partial charge is 0.490 e. The fourth-order valence-corrected chi connectivity index (χ4v) is 2.41. The topological polar surface area (TPSA) is 54.9 Å². The van der Waals surface area contributed by atoms with Gasteiger partial charge in [-0.2, -0.15) is 5.10 Å². The van der Waals surface area contributed by atoms with E-state index in [1.165, 1.54) is 0 Å². The minimum Gasteiger partial charge on any atom is -0.490 e. The molecule has 122 valence electrons. The molecule has 0 aromatic heterocycles. The normalized spacial score (nSPS) is 10.5. The van der Waals surface area contributed by atoms with Crippen molar-refractivity contribution in [3.63, 3.8) is 0 Å². The third-order valence-electron chi connectivity index (χ3n) is 2.50. The van der Waals surface area contributed by atoms with Gasteiger partial charge in [-0.15, -0.1) is 0 Å². The highest BCUT2D eigenvalue weighted by Gasteiger charge is 2.11. The van der Waals surface area contributed by atoms with Crippen molar-refractivity contribution in [3.8, 4) is 11.5 Å². The van der Waals surface area contributed by atoms with Gasteiger partial charge in [-0.05, 0) is 66.1 Å². The number of hydrazone groups is 1. The molecule has 0 aliphatic heterocycles. The van der Waals surface area contributed by atoms with Crippen molar-refractivity contribution in [3.05, 3.63) is 22.2 Å². The average Bonchev–Trinajstić information content (AvgIpc) is 2.47. The molecule has 0 heterocycles. The van der Waals surface area contributed by atoms with Crippen LogP contribution in [-0.4, -0.2) is 31.1 Å². The summed E-state index contributed by atoms with van der Waals surface area (Å²) in [7, 11) is 0. The van der Waals surface area contributed by atoms with Gasteiger partial charge in [-0.1, -0.05) is 6.92 Å². The fourth-order valence-electron chi connectivity index (χ4n) is 1.64. The third kappa shape index (κ3) is 6.19. The number of ether oxygens (including phenoxy) is 2. The molecule has 0 spiro atoms. The van der Waals surface area contributed by atoms with Crippen LogP contribution in [0.5, 0.6) is 11.5 Å². The van der Waals surface area contributed by atoms with Gasteiger partial charge in [-0.3, -0.25) is 5.43 Å². The summed E-state index contributed by atoms with van der Waals surface area (Å²) in [5.41, 5.74) is 3.63. The van der Waals surface area contributed by atoms with Crippen LogP contribution in [-0.2, 0) is 0 Å². The van der Waals surface area contributed by atoms with Crippen molar-refractivity contribution in [2.75, 3.05) is 19.8 Å². The van der Waals surface area contributed by atoms with Crippen molar-refractivity contribution in [2.45, 2.75) is 27.2 Å². The lowest BCUT2D eigenvalue weighted by molar-refractivity contribution is 0.275. The highest BCUT2D eigenvalue weighted by atomic mass is 79.9. The zero-order chi connectivity index (χ0) is 16.4. The second-order valence-corrected chi connectivity index (χ2v) is 5.60. The summed E-state index contributed by atoms with van der Waals surface area (Å²) in [5, 5.41) is 7.55. The molecule has 0 bridgehead atoms. The van der Waals surface area contributed by atoms with Crippen molar-refractivity contribution >= 4 is 39.5 Å². The van der Waals surface area contributed by atoms with Crippen LogP contribution in [0.25, 0.3) is 0 Å². The van der Waals surface area contributed by atoms with Gasteiger partial charge in [0, 0.05) is 6.54 Å². The van der Waals surface area contributed by atoms with Crippen LogP contribution in [0.15, 0.2) is 21.7 Å². The zero-order valence-corrected chi connectivity index (χ0v) is 15.5. The first-order valence-corrected chi connectivity index (χ1v) is 8.48. The summed E-state index contributed by atoms with van der Waals surface area (Å²) in [5.74, 6) is 1.41. The molecule has 0 aliphatic carbocycles. The molecule has 0 saturated carbocycles. The predicted molar refractivity (Wildman–Crippen MR) is 98.1 cm³/mol. The summed E-state index contributed by atoms with van der Waals surface area (Å²) in [6, 6.07) is 3.82. The average molecular weight is 388 g/mol.